The van der Waals surface area contributed by atoms with Crippen LogP contribution >= 0.6 is 0 Å². The van der Waals surface area contributed by atoms with E-state index in [0.29, 0.717) is 13.1 Å². The Morgan fingerprint density at radius 2 is 1.68 bits per heavy atom. The highest BCUT2D eigenvalue weighted by Crippen LogP contribution is 2.20. The average Bonchev–Trinajstić information content (AvgIpc) is 2.60. The minimum Gasteiger partial charge on any atom is -0.355 e. The Morgan fingerprint density at radius 1 is 1.00 bits per heavy atom. The van der Waals surface area contributed by atoms with Crippen LogP contribution in [0.15, 0.2) is 42.5 Å². The Labute approximate surface area is 149 Å². The van der Waals surface area contributed by atoms with Crippen LogP contribution < -0.4 is 10.6 Å². The van der Waals surface area contributed by atoms with Gasteiger partial charge in [-0.3, -0.25) is 14.5 Å². The first-order valence-corrected chi connectivity index (χ1v) is 8.80. The largest absolute Gasteiger partial charge is 0.355 e. The molecule has 0 radical (unpaired) electrons. The molecule has 1 atom stereocenters. The molecule has 2 aromatic rings. The number of nitrogens with one attached hydrogen (secondary N) is 2. The summed E-state index contributed by atoms with van der Waals surface area (Å²) in [6.07, 6.45) is 0. The second-order valence-corrected chi connectivity index (χ2v) is 6.15. The van der Waals surface area contributed by atoms with Crippen molar-refractivity contribution in [2.75, 3.05) is 26.2 Å². The topological polar surface area (TPSA) is 61.4 Å². The van der Waals surface area contributed by atoms with E-state index in [1.807, 2.05) is 43.9 Å². The Bertz CT molecular complexity index is 730. The van der Waals surface area contributed by atoms with Gasteiger partial charge in [-0.05, 0) is 42.8 Å². The maximum absolute atomic E-state index is 12.3. The molecule has 1 unspecified atom stereocenters. The molecule has 0 saturated heterocycles. The summed E-state index contributed by atoms with van der Waals surface area (Å²) in [5.74, 6) is -0.133. The van der Waals surface area contributed by atoms with Crippen molar-refractivity contribution in [1.29, 1.82) is 0 Å². The number of likely N-dealkylation sites (N-methyl/N-ethyl adjacent to an activating group) is 2. The first-order valence-electron chi connectivity index (χ1n) is 8.80. The smallest absolute Gasteiger partial charge is 0.234 e. The molecule has 25 heavy (non-hydrogen) atoms. The Balaban J connectivity index is 1.94. The van der Waals surface area contributed by atoms with E-state index in [-0.39, 0.29) is 30.9 Å². The molecule has 5 heteroatoms. The van der Waals surface area contributed by atoms with Crippen LogP contribution in [0.4, 0.5) is 0 Å². The predicted molar refractivity (Wildman–Crippen MR) is 101 cm³/mol. The molecule has 0 aliphatic heterocycles. The number of fused-ring (bicyclic) bond motifs is 1. The fraction of sp³-hybridized carbons (Fsp3) is 0.400. The zero-order valence-electron chi connectivity index (χ0n) is 15.2. The summed E-state index contributed by atoms with van der Waals surface area (Å²) in [4.78, 5) is 25.8. The van der Waals surface area contributed by atoms with Crippen LogP contribution in [0.3, 0.4) is 0 Å². The quantitative estimate of drug-likeness (QED) is 0.775. The van der Waals surface area contributed by atoms with Gasteiger partial charge >= 0.3 is 0 Å². The van der Waals surface area contributed by atoms with E-state index in [2.05, 4.69) is 34.9 Å². The summed E-state index contributed by atoms with van der Waals surface area (Å²) in [6, 6.07) is 14.3. The van der Waals surface area contributed by atoms with Crippen molar-refractivity contribution in [2.45, 2.75) is 26.8 Å². The lowest BCUT2D eigenvalue weighted by atomic mass is 10.0. The van der Waals surface area contributed by atoms with Crippen molar-refractivity contribution < 1.29 is 9.59 Å². The van der Waals surface area contributed by atoms with Crippen molar-refractivity contribution in [3.8, 4) is 0 Å². The van der Waals surface area contributed by atoms with Gasteiger partial charge < -0.3 is 10.6 Å². The number of carbonyl (C=O) groups excluding carboxylic acids is 2. The number of nitrogens with zero attached hydrogens (tertiary/aromatic N) is 1. The highest BCUT2D eigenvalue weighted by Gasteiger charge is 2.15. The van der Waals surface area contributed by atoms with Gasteiger partial charge in [0.2, 0.25) is 11.8 Å². The maximum atomic E-state index is 12.3. The van der Waals surface area contributed by atoms with Crippen LogP contribution in [0.1, 0.15) is 32.4 Å². The molecule has 0 aromatic heterocycles. The van der Waals surface area contributed by atoms with Gasteiger partial charge in [-0.2, -0.15) is 0 Å². The van der Waals surface area contributed by atoms with E-state index in [9.17, 15) is 9.59 Å². The minimum absolute atomic E-state index is 0.0558. The van der Waals surface area contributed by atoms with E-state index in [1.54, 1.807) is 0 Å². The first kappa shape index (κ1) is 18.9. The summed E-state index contributed by atoms with van der Waals surface area (Å²) >= 11 is 0. The standard InChI is InChI=1S/C20H27N3O2/c1-4-21-19(24)13-23(5-2)14-20(25)22-15(3)17-11-10-16-8-6-7-9-18(16)12-17/h6-12,15H,4-5,13-14H2,1-3H3,(H,21,24)(H,22,25). The average molecular weight is 341 g/mol. The highest BCUT2D eigenvalue weighted by molar-refractivity contribution is 5.84. The molecule has 0 heterocycles. The molecule has 5 nitrogen and oxygen atoms in total. The van der Waals surface area contributed by atoms with Gasteiger partial charge in [0.1, 0.15) is 0 Å². The molecule has 134 valence electrons. The molecule has 0 fully saturated rings. The number of hydrogen-bond donors (Lipinski definition) is 2. The molecule has 0 aliphatic carbocycles. The lowest BCUT2D eigenvalue weighted by Crippen LogP contribution is -2.43. The fourth-order valence-electron chi connectivity index (χ4n) is 2.79. The van der Waals surface area contributed by atoms with Crippen LogP contribution in [0, 0.1) is 0 Å². The third kappa shape index (κ3) is 5.57. The number of amides is 2. The Morgan fingerprint density at radius 3 is 2.36 bits per heavy atom. The second kappa shape index (κ2) is 9.18. The third-order valence-electron chi connectivity index (χ3n) is 4.21. The SMILES string of the molecule is CCNC(=O)CN(CC)CC(=O)NC(C)c1ccc2ccccc2c1. The van der Waals surface area contributed by atoms with Gasteiger partial charge in [-0.15, -0.1) is 0 Å². The van der Waals surface area contributed by atoms with Gasteiger partial charge in [0.15, 0.2) is 0 Å². The van der Waals surface area contributed by atoms with E-state index >= 15 is 0 Å². The fourth-order valence-corrected chi connectivity index (χ4v) is 2.79. The zero-order valence-corrected chi connectivity index (χ0v) is 15.2. The molecule has 2 amide bonds. The molecule has 2 rings (SSSR count). The van der Waals surface area contributed by atoms with Crippen LogP contribution in [0.5, 0.6) is 0 Å². The molecular weight excluding hydrogens is 314 g/mol. The van der Waals surface area contributed by atoms with Crippen LogP contribution in [-0.4, -0.2) is 42.9 Å². The third-order valence-corrected chi connectivity index (χ3v) is 4.21. The highest BCUT2D eigenvalue weighted by atomic mass is 16.2. The van der Waals surface area contributed by atoms with Crippen molar-refractivity contribution in [1.82, 2.24) is 15.5 Å². The number of carbonyl (C=O) groups is 2. The summed E-state index contributed by atoms with van der Waals surface area (Å²) in [7, 11) is 0. The molecule has 2 aromatic carbocycles. The van der Waals surface area contributed by atoms with E-state index in [4.69, 9.17) is 0 Å². The zero-order chi connectivity index (χ0) is 18.2. The summed E-state index contributed by atoms with van der Waals surface area (Å²) in [5.41, 5.74) is 1.07. The number of benzene rings is 2. The van der Waals surface area contributed by atoms with Gasteiger partial charge in [-0.1, -0.05) is 43.3 Å². The summed E-state index contributed by atoms with van der Waals surface area (Å²) < 4.78 is 0. The second-order valence-electron chi connectivity index (χ2n) is 6.15. The van der Waals surface area contributed by atoms with Crippen LogP contribution in [0.25, 0.3) is 10.8 Å². The Hall–Kier alpha value is -2.40. The Kier molecular flexibility index (Phi) is 6.95. The summed E-state index contributed by atoms with van der Waals surface area (Å²) in [5, 5.41) is 8.12. The lowest BCUT2D eigenvalue weighted by Gasteiger charge is -2.21. The van der Waals surface area contributed by atoms with Crippen molar-refractivity contribution in [2.24, 2.45) is 0 Å². The molecule has 0 spiro atoms. The van der Waals surface area contributed by atoms with Gasteiger partial charge in [0.25, 0.3) is 0 Å². The monoisotopic (exact) mass is 341 g/mol. The molecular formula is C20H27N3O2. The van der Waals surface area contributed by atoms with Crippen LogP contribution in [0.2, 0.25) is 0 Å². The van der Waals surface area contributed by atoms with E-state index in [0.717, 1.165) is 10.9 Å². The lowest BCUT2D eigenvalue weighted by molar-refractivity contribution is -0.125. The van der Waals surface area contributed by atoms with Gasteiger partial charge in [-0.25, -0.2) is 0 Å². The van der Waals surface area contributed by atoms with Gasteiger partial charge in [0, 0.05) is 6.54 Å². The molecule has 0 bridgehead atoms. The van der Waals surface area contributed by atoms with Crippen molar-refractivity contribution in [3.05, 3.63) is 48.0 Å². The predicted octanol–water partition coefficient (Wildman–Crippen LogP) is 2.48. The summed E-state index contributed by atoms with van der Waals surface area (Å²) in [6.45, 7) is 7.50. The van der Waals surface area contributed by atoms with Crippen LogP contribution in [-0.2, 0) is 9.59 Å². The maximum Gasteiger partial charge on any atom is 0.234 e. The normalized spacial score (nSPS) is 12.2. The number of hydrogen-bond acceptors (Lipinski definition) is 3. The minimum atomic E-state index is -0.0831. The van der Waals surface area contributed by atoms with E-state index < -0.39 is 0 Å². The van der Waals surface area contributed by atoms with Crippen molar-refractivity contribution in [3.63, 3.8) is 0 Å². The first-order chi connectivity index (χ1) is 12.0. The van der Waals surface area contributed by atoms with E-state index in [1.165, 1.54) is 5.39 Å². The molecule has 0 aliphatic rings. The van der Waals surface area contributed by atoms with Crippen molar-refractivity contribution >= 4 is 22.6 Å². The molecule has 0 saturated carbocycles. The van der Waals surface area contributed by atoms with Gasteiger partial charge in [0.05, 0.1) is 19.1 Å². The molecule has 2 N–H and O–H groups in total. The number of rotatable bonds is 8.